The Bertz CT molecular complexity index is 506. The minimum Gasteiger partial charge on any atom is -0.357 e. The van der Waals surface area contributed by atoms with E-state index in [2.05, 4.69) is 26.0 Å². The fourth-order valence-corrected chi connectivity index (χ4v) is 1.68. The lowest BCUT2D eigenvalue weighted by molar-refractivity contribution is -0.128. The van der Waals surface area contributed by atoms with Gasteiger partial charge >= 0.3 is 0 Å². The molecule has 0 aliphatic carbocycles. The van der Waals surface area contributed by atoms with Gasteiger partial charge < -0.3 is 16.0 Å². The first-order valence-electron chi connectivity index (χ1n) is 7.62. The van der Waals surface area contributed by atoms with Gasteiger partial charge in [-0.1, -0.05) is 20.8 Å². The van der Waals surface area contributed by atoms with Gasteiger partial charge in [-0.15, -0.1) is 24.0 Å². The highest BCUT2D eigenvalue weighted by molar-refractivity contribution is 14.0. The smallest absolute Gasteiger partial charge is 0.225 e. The van der Waals surface area contributed by atoms with Crippen LogP contribution in [-0.4, -0.2) is 41.3 Å². The number of amides is 1. The van der Waals surface area contributed by atoms with Crippen molar-refractivity contribution in [3.8, 4) is 0 Å². The monoisotopic (exact) mass is 436 g/mol. The van der Waals surface area contributed by atoms with Crippen molar-refractivity contribution in [3.05, 3.63) is 18.0 Å². The number of rotatable bonds is 6. The second kappa shape index (κ2) is 10.5. The Morgan fingerprint density at radius 1 is 1.26 bits per heavy atom. The molecule has 7 nitrogen and oxygen atoms in total. The van der Waals surface area contributed by atoms with Crippen molar-refractivity contribution < 1.29 is 4.79 Å². The van der Waals surface area contributed by atoms with Crippen LogP contribution < -0.4 is 16.0 Å². The number of hydrogen-bond acceptors (Lipinski definition) is 3. The standard InChI is InChI=1S/C15H28N6O.HI/c1-6-16-14(19-11-12-7-8-20-21(12)5)18-10-9-17-13(22)15(2,3)4;/h7-8H,6,9-11H2,1-5H3,(H,17,22)(H2,16,18,19);1H. The highest BCUT2D eigenvalue weighted by atomic mass is 127. The summed E-state index contributed by atoms with van der Waals surface area (Å²) in [5, 5.41) is 13.4. The van der Waals surface area contributed by atoms with Crippen molar-refractivity contribution >= 4 is 35.8 Å². The van der Waals surface area contributed by atoms with E-state index >= 15 is 0 Å². The Balaban J connectivity index is 0.00000484. The zero-order valence-corrected chi connectivity index (χ0v) is 17.0. The van der Waals surface area contributed by atoms with Crippen LogP contribution in [0.5, 0.6) is 0 Å². The summed E-state index contributed by atoms with van der Waals surface area (Å²) in [6, 6.07) is 1.94. The number of carbonyl (C=O) groups excluding carboxylic acids is 1. The van der Waals surface area contributed by atoms with E-state index in [0.717, 1.165) is 18.2 Å². The quantitative estimate of drug-likeness (QED) is 0.271. The highest BCUT2D eigenvalue weighted by Gasteiger charge is 2.20. The van der Waals surface area contributed by atoms with Crippen LogP contribution >= 0.6 is 24.0 Å². The van der Waals surface area contributed by atoms with Gasteiger partial charge in [-0.3, -0.25) is 9.48 Å². The van der Waals surface area contributed by atoms with Crippen molar-refractivity contribution in [2.75, 3.05) is 19.6 Å². The summed E-state index contributed by atoms with van der Waals surface area (Å²) in [7, 11) is 1.90. The van der Waals surface area contributed by atoms with Crippen LogP contribution in [0.4, 0.5) is 0 Å². The number of nitrogens with one attached hydrogen (secondary N) is 3. The number of nitrogens with zero attached hydrogens (tertiary/aromatic N) is 3. The van der Waals surface area contributed by atoms with E-state index in [1.807, 2.05) is 40.8 Å². The lowest BCUT2D eigenvalue weighted by Crippen LogP contribution is -2.43. The topological polar surface area (TPSA) is 83.3 Å². The molecule has 0 atom stereocenters. The molecule has 0 aromatic carbocycles. The van der Waals surface area contributed by atoms with Gasteiger partial charge in [-0.2, -0.15) is 5.10 Å². The van der Waals surface area contributed by atoms with Crippen molar-refractivity contribution in [3.63, 3.8) is 0 Å². The molecule has 0 saturated carbocycles. The molecule has 0 fully saturated rings. The first-order chi connectivity index (χ1) is 10.3. The molecular weight excluding hydrogens is 407 g/mol. The largest absolute Gasteiger partial charge is 0.357 e. The number of aromatic nitrogens is 2. The fraction of sp³-hybridized carbons (Fsp3) is 0.667. The highest BCUT2D eigenvalue weighted by Crippen LogP contribution is 2.11. The molecule has 3 N–H and O–H groups in total. The molecule has 23 heavy (non-hydrogen) atoms. The Kier molecular flexibility index (Phi) is 9.85. The molecule has 1 aromatic heterocycles. The normalized spacial score (nSPS) is 11.6. The zero-order valence-electron chi connectivity index (χ0n) is 14.6. The summed E-state index contributed by atoms with van der Waals surface area (Å²) in [4.78, 5) is 16.3. The number of aliphatic imine (C=N–C) groups is 1. The van der Waals surface area contributed by atoms with Crippen LogP contribution in [0, 0.1) is 5.41 Å². The molecule has 0 bridgehead atoms. The summed E-state index contributed by atoms with van der Waals surface area (Å²) < 4.78 is 1.80. The fourth-order valence-electron chi connectivity index (χ4n) is 1.68. The van der Waals surface area contributed by atoms with E-state index in [-0.39, 0.29) is 35.3 Å². The van der Waals surface area contributed by atoms with E-state index < -0.39 is 0 Å². The van der Waals surface area contributed by atoms with Crippen LogP contribution in [0.2, 0.25) is 0 Å². The average Bonchev–Trinajstić information content (AvgIpc) is 2.84. The van der Waals surface area contributed by atoms with Gasteiger partial charge in [0.2, 0.25) is 5.91 Å². The lowest BCUT2D eigenvalue weighted by Gasteiger charge is -2.18. The van der Waals surface area contributed by atoms with Crippen molar-refractivity contribution in [1.82, 2.24) is 25.7 Å². The number of guanidine groups is 1. The molecule has 1 heterocycles. The van der Waals surface area contributed by atoms with Gasteiger partial charge in [0.1, 0.15) is 0 Å². The maximum atomic E-state index is 11.8. The van der Waals surface area contributed by atoms with E-state index in [4.69, 9.17) is 0 Å². The van der Waals surface area contributed by atoms with Crippen molar-refractivity contribution in [1.29, 1.82) is 0 Å². The number of halogens is 1. The van der Waals surface area contributed by atoms with E-state index in [1.165, 1.54) is 0 Å². The predicted molar refractivity (Wildman–Crippen MR) is 104 cm³/mol. The van der Waals surface area contributed by atoms with E-state index in [9.17, 15) is 4.79 Å². The number of aryl methyl sites for hydroxylation is 1. The van der Waals surface area contributed by atoms with E-state index in [1.54, 1.807) is 10.9 Å². The minimum atomic E-state index is -0.363. The van der Waals surface area contributed by atoms with Gasteiger partial charge in [0.25, 0.3) is 0 Å². The van der Waals surface area contributed by atoms with Crippen LogP contribution in [0.3, 0.4) is 0 Å². The Hall–Kier alpha value is -1.32. The molecular formula is C15H29IN6O. The summed E-state index contributed by atoms with van der Waals surface area (Å²) in [5.41, 5.74) is 0.677. The van der Waals surface area contributed by atoms with Crippen molar-refractivity contribution in [2.45, 2.75) is 34.2 Å². The zero-order chi connectivity index (χ0) is 16.6. The molecule has 1 rings (SSSR count). The van der Waals surface area contributed by atoms with Crippen molar-refractivity contribution in [2.24, 2.45) is 17.5 Å². The maximum Gasteiger partial charge on any atom is 0.225 e. The van der Waals surface area contributed by atoms with Gasteiger partial charge in [0.05, 0.1) is 12.2 Å². The van der Waals surface area contributed by atoms with Gasteiger partial charge in [0, 0.05) is 38.3 Å². The Morgan fingerprint density at radius 2 is 1.91 bits per heavy atom. The molecule has 132 valence electrons. The second-order valence-electron chi connectivity index (χ2n) is 6.07. The van der Waals surface area contributed by atoms with E-state index in [0.29, 0.717) is 19.6 Å². The van der Waals surface area contributed by atoms with Crippen LogP contribution in [-0.2, 0) is 18.4 Å². The molecule has 1 aromatic rings. The molecule has 0 aliphatic rings. The van der Waals surface area contributed by atoms with Crippen LogP contribution in [0.15, 0.2) is 17.3 Å². The molecule has 8 heteroatoms. The third-order valence-corrected chi connectivity index (χ3v) is 3.05. The third-order valence-electron chi connectivity index (χ3n) is 3.05. The van der Waals surface area contributed by atoms with Crippen LogP contribution in [0.1, 0.15) is 33.4 Å². The predicted octanol–water partition coefficient (Wildman–Crippen LogP) is 1.26. The lowest BCUT2D eigenvalue weighted by atomic mass is 9.96. The summed E-state index contributed by atoms with van der Waals surface area (Å²) in [5.74, 6) is 0.778. The first-order valence-corrected chi connectivity index (χ1v) is 7.62. The molecule has 0 aliphatic heterocycles. The summed E-state index contributed by atoms with van der Waals surface area (Å²) in [6.45, 7) is 10.2. The molecule has 1 amide bonds. The minimum absolute atomic E-state index is 0. The maximum absolute atomic E-state index is 11.8. The Labute approximate surface area is 155 Å². The van der Waals surface area contributed by atoms with Gasteiger partial charge in [0.15, 0.2) is 5.96 Å². The number of carbonyl (C=O) groups is 1. The number of hydrogen-bond donors (Lipinski definition) is 3. The summed E-state index contributed by atoms with van der Waals surface area (Å²) in [6.07, 6.45) is 1.76. The molecule has 0 unspecified atom stereocenters. The first kappa shape index (κ1) is 21.7. The van der Waals surface area contributed by atoms with Gasteiger partial charge in [-0.25, -0.2) is 4.99 Å². The second-order valence-corrected chi connectivity index (χ2v) is 6.07. The molecule has 0 radical (unpaired) electrons. The molecule has 0 spiro atoms. The van der Waals surface area contributed by atoms with Gasteiger partial charge in [-0.05, 0) is 13.0 Å². The Morgan fingerprint density at radius 3 is 2.43 bits per heavy atom. The summed E-state index contributed by atoms with van der Waals surface area (Å²) >= 11 is 0. The van der Waals surface area contributed by atoms with Crippen LogP contribution in [0.25, 0.3) is 0 Å². The average molecular weight is 436 g/mol. The SMILES string of the molecule is CCNC(=NCc1ccnn1C)NCCNC(=O)C(C)(C)C.I. The third kappa shape index (κ3) is 8.19. The molecule has 0 saturated heterocycles.